The number of aromatic nitrogens is 1. The second-order valence-corrected chi connectivity index (χ2v) is 8.26. The second kappa shape index (κ2) is 10.2. The summed E-state index contributed by atoms with van der Waals surface area (Å²) in [6.45, 7) is 3.17. The van der Waals surface area contributed by atoms with Crippen molar-refractivity contribution >= 4 is 24.4 Å². The van der Waals surface area contributed by atoms with Gasteiger partial charge in [-0.3, -0.25) is 14.6 Å². The lowest BCUT2D eigenvalue weighted by Gasteiger charge is -2.42. The fourth-order valence-corrected chi connectivity index (χ4v) is 4.28. The highest BCUT2D eigenvalue weighted by Crippen LogP contribution is 2.41. The van der Waals surface area contributed by atoms with Gasteiger partial charge < -0.3 is 15.8 Å². The van der Waals surface area contributed by atoms with Crippen LogP contribution in [0.4, 0.5) is 0 Å². The average molecular weight is 428 g/mol. The predicted octanol–water partition coefficient (Wildman–Crippen LogP) is 2.10. The fourth-order valence-electron chi connectivity index (χ4n) is 4.10. The number of ketones is 1. The predicted molar refractivity (Wildman–Crippen MR) is 119 cm³/mol. The van der Waals surface area contributed by atoms with E-state index in [1.54, 1.807) is 18.5 Å². The third kappa shape index (κ3) is 4.91. The summed E-state index contributed by atoms with van der Waals surface area (Å²) in [6, 6.07) is 10.9. The van der Waals surface area contributed by atoms with Crippen LogP contribution in [0.15, 0.2) is 48.8 Å². The number of aryl methyl sites for hydroxylation is 1. The molecule has 0 bridgehead atoms. The number of thiol groups is 1. The molecule has 0 aliphatic carbocycles. The van der Waals surface area contributed by atoms with E-state index in [1.807, 2.05) is 37.3 Å². The Morgan fingerprint density at radius 3 is 2.83 bits per heavy atom. The first-order valence-electron chi connectivity index (χ1n) is 10.2. The molecular formula is C23H29N3O3S. The van der Waals surface area contributed by atoms with Crippen LogP contribution >= 0.6 is 12.6 Å². The van der Waals surface area contributed by atoms with E-state index in [0.717, 1.165) is 16.7 Å². The van der Waals surface area contributed by atoms with Gasteiger partial charge in [0.15, 0.2) is 5.78 Å². The molecule has 2 unspecified atom stereocenters. The Hall–Kier alpha value is -2.22. The van der Waals surface area contributed by atoms with Crippen LogP contribution in [-0.4, -0.2) is 41.6 Å². The number of esters is 1. The molecule has 6 nitrogen and oxygen atoms in total. The van der Waals surface area contributed by atoms with Gasteiger partial charge in [0, 0.05) is 36.2 Å². The normalized spacial score (nSPS) is 22.3. The summed E-state index contributed by atoms with van der Waals surface area (Å²) in [4.78, 5) is 30.8. The maximum atomic E-state index is 13.6. The van der Waals surface area contributed by atoms with Crippen molar-refractivity contribution < 1.29 is 14.3 Å². The van der Waals surface area contributed by atoms with Crippen molar-refractivity contribution in [1.29, 1.82) is 0 Å². The highest BCUT2D eigenvalue weighted by Gasteiger charge is 2.52. The summed E-state index contributed by atoms with van der Waals surface area (Å²) in [7, 11) is 0. The first-order chi connectivity index (χ1) is 14.5. The molecule has 1 aliphatic rings. The van der Waals surface area contributed by atoms with Crippen molar-refractivity contribution in [2.75, 3.05) is 18.8 Å². The number of nitrogens with zero attached hydrogens (tertiary/aromatic N) is 1. The lowest BCUT2D eigenvalue weighted by Crippen LogP contribution is -2.57. The Bertz CT molecular complexity index is 877. The van der Waals surface area contributed by atoms with Gasteiger partial charge in [0.05, 0.1) is 11.5 Å². The SMILES string of the molecule is Cc1ccccc1CC1(C(=O)OCc2cccnc2)CCNCC1C(=O)[C@@H](N)CS. The molecule has 1 saturated heterocycles. The minimum absolute atomic E-state index is 0.120. The molecule has 3 rings (SSSR count). The van der Waals surface area contributed by atoms with Gasteiger partial charge >= 0.3 is 5.97 Å². The van der Waals surface area contributed by atoms with Crippen LogP contribution in [0, 0.1) is 18.3 Å². The number of hydrogen-bond donors (Lipinski definition) is 3. The van der Waals surface area contributed by atoms with Crippen LogP contribution in [-0.2, 0) is 27.4 Å². The van der Waals surface area contributed by atoms with E-state index in [-0.39, 0.29) is 24.1 Å². The number of nitrogens with two attached hydrogens (primary N) is 1. The standard InChI is InChI=1S/C23H29N3O3S/c1-16-5-2-3-7-18(16)11-23(22(28)29-14-17-6-4-9-25-12-17)8-10-26-13-19(23)21(27)20(24)15-30/h2-7,9,12,19-20,26,30H,8,10-11,13-15,24H2,1H3/t19?,20-,23?/m0/s1. The molecule has 0 saturated carbocycles. The van der Waals surface area contributed by atoms with Crippen molar-refractivity contribution in [3.63, 3.8) is 0 Å². The zero-order valence-electron chi connectivity index (χ0n) is 17.2. The van der Waals surface area contributed by atoms with Gasteiger partial charge in [-0.1, -0.05) is 30.3 Å². The number of rotatable bonds is 8. The summed E-state index contributed by atoms with van der Waals surface area (Å²) >= 11 is 4.20. The number of nitrogens with one attached hydrogen (secondary N) is 1. The number of carbonyl (C=O) groups is 2. The molecule has 7 heteroatoms. The zero-order chi connectivity index (χ0) is 21.6. The molecule has 0 amide bonds. The summed E-state index contributed by atoms with van der Waals surface area (Å²) < 4.78 is 5.76. The van der Waals surface area contributed by atoms with Crippen molar-refractivity contribution in [2.24, 2.45) is 17.1 Å². The molecule has 1 fully saturated rings. The van der Waals surface area contributed by atoms with Gasteiger partial charge in [0.1, 0.15) is 6.61 Å². The fraction of sp³-hybridized carbons (Fsp3) is 0.435. The van der Waals surface area contributed by atoms with E-state index in [0.29, 0.717) is 25.9 Å². The number of Topliss-reactive ketones (excluding diaryl/α,β-unsaturated/α-hetero) is 1. The molecule has 1 aromatic carbocycles. The van der Waals surface area contributed by atoms with Gasteiger partial charge in [-0.05, 0) is 43.5 Å². The monoisotopic (exact) mass is 427 g/mol. The van der Waals surface area contributed by atoms with Gasteiger partial charge in [-0.25, -0.2) is 0 Å². The molecule has 2 heterocycles. The molecule has 160 valence electrons. The Morgan fingerprint density at radius 1 is 1.33 bits per heavy atom. The second-order valence-electron chi connectivity index (χ2n) is 7.89. The summed E-state index contributed by atoms with van der Waals surface area (Å²) in [5, 5.41) is 3.26. The Kier molecular flexibility index (Phi) is 7.64. The Labute approximate surface area is 183 Å². The van der Waals surface area contributed by atoms with Gasteiger partial charge in [0.2, 0.25) is 0 Å². The molecule has 2 aromatic rings. The van der Waals surface area contributed by atoms with E-state index in [2.05, 4.69) is 22.9 Å². The number of pyridine rings is 1. The topological polar surface area (TPSA) is 94.3 Å². The van der Waals surface area contributed by atoms with Crippen LogP contribution in [0.25, 0.3) is 0 Å². The van der Waals surface area contributed by atoms with Crippen LogP contribution < -0.4 is 11.1 Å². The van der Waals surface area contributed by atoms with Gasteiger partial charge in [0.25, 0.3) is 0 Å². The lowest BCUT2D eigenvalue weighted by molar-refractivity contribution is -0.166. The van der Waals surface area contributed by atoms with Crippen molar-refractivity contribution in [3.8, 4) is 0 Å². The van der Waals surface area contributed by atoms with Crippen molar-refractivity contribution in [1.82, 2.24) is 10.3 Å². The van der Waals surface area contributed by atoms with Crippen molar-refractivity contribution in [3.05, 3.63) is 65.5 Å². The highest BCUT2D eigenvalue weighted by atomic mass is 32.1. The molecular weight excluding hydrogens is 398 g/mol. The number of hydrogen-bond acceptors (Lipinski definition) is 7. The van der Waals surface area contributed by atoms with E-state index in [9.17, 15) is 9.59 Å². The smallest absolute Gasteiger partial charge is 0.313 e. The molecule has 0 spiro atoms. The first kappa shape index (κ1) is 22.5. The summed E-state index contributed by atoms with van der Waals surface area (Å²) in [5.74, 6) is -0.847. The molecule has 3 N–H and O–H groups in total. The van der Waals surface area contributed by atoms with E-state index in [1.165, 1.54) is 0 Å². The van der Waals surface area contributed by atoms with Crippen molar-refractivity contribution in [2.45, 2.75) is 32.4 Å². The first-order valence-corrected chi connectivity index (χ1v) is 10.8. The quantitative estimate of drug-likeness (QED) is 0.441. The maximum absolute atomic E-state index is 13.6. The number of piperidine rings is 1. The van der Waals surface area contributed by atoms with E-state index in [4.69, 9.17) is 10.5 Å². The van der Waals surface area contributed by atoms with E-state index >= 15 is 0 Å². The molecule has 3 atom stereocenters. The number of ether oxygens (including phenoxy) is 1. The summed E-state index contributed by atoms with van der Waals surface area (Å²) in [6.07, 6.45) is 4.28. The zero-order valence-corrected chi connectivity index (χ0v) is 18.1. The van der Waals surface area contributed by atoms with E-state index < -0.39 is 17.4 Å². The Morgan fingerprint density at radius 2 is 2.13 bits per heavy atom. The maximum Gasteiger partial charge on any atom is 0.313 e. The molecule has 1 aliphatic heterocycles. The third-order valence-corrected chi connectivity index (χ3v) is 6.33. The van der Waals surface area contributed by atoms with Gasteiger partial charge in [-0.15, -0.1) is 0 Å². The van der Waals surface area contributed by atoms with Crippen LogP contribution in [0.1, 0.15) is 23.1 Å². The highest BCUT2D eigenvalue weighted by molar-refractivity contribution is 7.80. The molecule has 30 heavy (non-hydrogen) atoms. The van der Waals surface area contributed by atoms with Crippen LogP contribution in [0.3, 0.4) is 0 Å². The average Bonchev–Trinajstić information content (AvgIpc) is 2.79. The van der Waals surface area contributed by atoms with Crippen LogP contribution in [0.5, 0.6) is 0 Å². The molecule has 1 aromatic heterocycles. The third-order valence-electron chi connectivity index (χ3n) is 5.94. The summed E-state index contributed by atoms with van der Waals surface area (Å²) in [5.41, 5.74) is 7.99. The minimum atomic E-state index is -0.975. The largest absolute Gasteiger partial charge is 0.460 e. The number of carbonyl (C=O) groups excluding carboxylic acids is 2. The molecule has 0 radical (unpaired) electrons. The number of benzene rings is 1. The lowest BCUT2D eigenvalue weighted by atomic mass is 9.64. The van der Waals surface area contributed by atoms with Gasteiger partial charge in [-0.2, -0.15) is 12.6 Å². The van der Waals surface area contributed by atoms with Crippen LogP contribution in [0.2, 0.25) is 0 Å². The Balaban J connectivity index is 1.94. The minimum Gasteiger partial charge on any atom is -0.460 e.